The highest BCUT2D eigenvalue weighted by atomic mass is 32.2. The first-order valence-corrected chi connectivity index (χ1v) is 8.31. The van der Waals surface area contributed by atoms with Gasteiger partial charge in [-0.25, -0.2) is 13.6 Å². The van der Waals surface area contributed by atoms with Gasteiger partial charge in [-0.3, -0.25) is 0 Å². The number of primary sulfonamides is 1. The predicted octanol–water partition coefficient (Wildman–Crippen LogP) is 2.63. The molecule has 5 heteroatoms. The lowest BCUT2D eigenvalue weighted by molar-refractivity contribution is 0.286. The largest absolute Gasteiger partial charge is 0.382 e. The van der Waals surface area contributed by atoms with Crippen LogP contribution in [-0.2, 0) is 10.0 Å². The van der Waals surface area contributed by atoms with Crippen molar-refractivity contribution in [2.24, 2.45) is 11.1 Å². The molecule has 1 atom stereocenters. The fourth-order valence-electron chi connectivity index (χ4n) is 2.63. The van der Waals surface area contributed by atoms with Crippen LogP contribution in [0, 0.1) is 12.8 Å². The van der Waals surface area contributed by atoms with Crippen LogP contribution in [0.1, 0.15) is 38.2 Å². The first-order chi connectivity index (χ1) is 8.88. The zero-order valence-corrected chi connectivity index (χ0v) is 12.3. The lowest BCUT2D eigenvalue weighted by Gasteiger charge is -2.29. The molecule has 0 heterocycles. The van der Waals surface area contributed by atoms with Gasteiger partial charge in [-0.05, 0) is 43.9 Å². The number of hydrogen-bond acceptors (Lipinski definition) is 3. The van der Waals surface area contributed by atoms with Crippen molar-refractivity contribution in [3.63, 3.8) is 0 Å². The van der Waals surface area contributed by atoms with E-state index in [1.54, 1.807) is 19.1 Å². The third-order valence-corrected chi connectivity index (χ3v) is 4.96. The maximum absolute atomic E-state index is 11.5. The molecule has 19 heavy (non-hydrogen) atoms. The number of benzene rings is 1. The van der Waals surface area contributed by atoms with Crippen LogP contribution < -0.4 is 10.5 Å². The lowest BCUT2D eigenvalue weighted by Crippen LogP contribution is -2.24. The van der Waals surface area contributed by atoms with E-state index in [0.717, 1.165) is 18.0 Å². The van der Waals surface area contributed by atoms with Crippen molar-refractivity contribution in [2.45, 2.75) is 50.5 Å². The van der Waals surface area contributed by atoms with E-state index < -0.39 is 10.0 Å². The summed E-state index contributed by atoms with van der Waals surface area (Å²) in [5.74, 6) is 0.823. The maximum Gasteiger partial charge on any atom is 0.238 e. The smallest absolute Gasteiger partial charge is 0.238 e. The molecule has 0 aromatic heterocycles. The zero-order chi connectivity index (χ0) is 14.0. The van der Waals surface area contributed by atoms with Gasteiger partial charge in [-0.2, -0.15) is 0 Å². The molecule has 1 saturated carbocycles. The second-order valence-corrected chi connectivity index (χ2v) is 7.08. The molecule has 3 N–H and O–H groups in total. The van der Waals surface area contributed by atoms with Crippen LogP contribution >= 0.6 is 0 Å². The van der Waals surface area contributed by atoms with Crippen LogP contribution in [0.2, 0.25) is 0 Å². The first kappa shape index (κ1) is 14.3. The monoisotopic (exact) mass is 282 g/mol. The van der Waals surface area contributed by atoms with Crippen molar-refractivity contribution < 1.29 is 8.42 Å². The Morgan fingerprint density at radius 1 is 1.42 bits per heavy atom. The van der Waals surface area contributed by atoms with Crippen LogP contribution in [0.4, 0.5) is 5.69 Å². The average Bonchev–Trinajstić information content (AvgIpc) is 2.25. The van der Waals surface area contributed by atoms with E-state index in [0.29, 0.717) is 11.6 Å². The van der Waals surface area contributed by atoms with Crippen molar-refractivity contribution >= 4 is 15.7 Å². The third-order valence-electron chi connectivity index (χ3n) is 3.90. The molecule has 1 aromatic rings. The summed E-state index contributed by atoms with van der Waals surface area (Å²) in [6, 6.07) is 5.53. The quantitative estimate of drug-likeness (QED) is 0.872. The Morgan fingerprint density at radius 3 is 2.63 bits per heavy atom. The summed E-state index contributed by atoms with van der Waals surface area (Å²) in [6.45, 7) is 3.93. The summed E-state index contributed by atoms with van der Waals surface area (Å²) in [5.41, 5.74) is 1.56. The minimum Gasteiger partial charge on any atom is -0.382 e. The molecule has 1 aliphatic carbocycles. The SMILES string of the molecule is Cc1c(NC(C)CC2CCC2)cccc1S(N)(=O)=O. The summed E-state index contributed by atoms with van der Waals surface area (Å²) in [4.78, 5) is 0.202. The molecule has 0 spiro atoms. The van der Waals surface area contributed by atoms with E-state index in [1.807, 2.05) is 6.07 Å². The Kier molecular flexibility index (Phi) is 4.16. The van der Waals surface area contributed by atoms with E-state index in [-0.39, 0.29) is 4.90 Å². The molecule has 1 unspecified atom stereocenters. The van der Waals surface area contributed by atoms with Crippen LogP contribution in [-0.4, -0.2) is 14.5 Å². The van der Waals surface area contributed by atoms with Gasteiger partial charge in [-0.1, -0.05) is 25.3 Å². The molecule has 4 nitrogen and oxygen atoms in total. The zero-order valence-electron chi connectivity index (χ0n) is 11.5. The Hall–Kier alpha value is -1.07. The van der Waals surface area contributed by atoms with E-state index in [2.05, 4.69) is 12.2 Å². The Labute approximate surface area is 115 Å². The van der Waals surface area contributed by atoms with Gasteiger partial charge < -0.3 is 5.32 Å². The van der Waals surface area contributed by atoms with Gasteiger partial charge in [0.25, 0.3) is 0 Å². The summed E-state index contributed by atoms with van der Waals surface area (Å²) >= 11 is 0. The highest BCUT2D eigenvalue weighted by molar-refractivity contribution is 7.89. The molecule has 2 rings (SSSR count). The molecule has 0 radical (unpaired) electrons. The standard InChI is InChI=1S/C14H22N2O2S/c1-10(9-12-5-3-6-12)16-13-7-4-8-14(11(13)2)19(15,17)18/h4,7-8,10,12,16H,3,5-6,9H2,1-2H3,(H2,15,17,18). The fraction of sp³-hybridized carbons (Fsp3) is 0.571. The molecule has 106 valence electrons. The summed E-state index contributed by atoms with van der Waals surface area (Å²) in [6.07, 6.45) is 5.13. The van der Waals surface area contributed by atoms with Gasteiger partial charge in [0.2, 0.25) is 10.0 Å². The van der Waals surface area contributed by atoms with Crippen molar-refractivity contribution in [1.29, 1.82) is 0 Å². The Balaban J connectivity index is 2.11. The van der Waals surface area contributed by atoms with E-state index in [9.17, 15) is 8.42 Å². The second kappa shape index (κ2) is 5.51. The molecule has 0 saturated heterocycles. The molecular weight excluding hydrogens is 260 g/mol. The van der Waals surface area contributed by atoms with Gasteiger partial charge in [-0.15, -0.1) is 0 Å². The van der Waals surface area contributed by atoms with Crippen molar-refractivity contribution in [3.8, 4) is 0 Å². The second-order valence-electron chi connectivity index (χ2n) is 5.55. The molecule has 1 aliphatic rings. The van der Waals surface area contributed by atoms with Crippen LogP contribution in [0.15, 0.2) is 23.1 Å². The normalized spacial score (nSPS) is 17.8. The molecule has 1 fully saturated rings. The highest BCUT2D eigenvalue weighted by Gasteiger charge is 2.20. The Morgan fingerprint density at radius 2 is 2.11 bits per heavy atom. The number of hydrogen-bond donors (Lipinski definition) is 2. The van der Waals surface area contributed by atoms with Gasteiger partial charge in [0.15, 0.2) is 0 Å². The predicted molar refractivity (Wildman–Crippen MR) is 77.6 cm³/mol. The number of sulfonamides is 1. The van der Waals surface area contributed by atoms with Crippen molar-refractivity contribution in [1.82, 2.24) is 0 Å². The number of anilines is 1. The van der Waals surface area contributed by atoms with Crippen molar-refractivity contribution in [2.75, 3.05) is 5.32 Å². The number of nitrogens with one attached hydrogen (secondary N) is 1. The van der Waals surface area contributed by atoms with E-state index in [4.69, 9.17) is 5.14 Å². The molecule has 0 aliphatic heterocycles. The average molecular weight is 282 g/mol. The third kappa shape index (κ3) is 3.48. The van der Waals surface area contributed by atoms with Gasteiger partial charge >= 0.3 is 0 Å². The fourth-order valence-corrected chi connectivity index (χ4v) is 3.44. The van der Waals surface area contributed by atoms with Crippen LogP contribution in [0.5, 0.6) is 0 Å². The topological polar surface area (TPSA) is 72.2 Å². The summed E-state index contributed by atoms with van der Waals surface area (Å²) in [7, 11) is -3.65. The minimum absolute atomic E-state index is 0.202. The Bertz CT molecular complexity index is 551. The molecule has 0 bridgehead atoms. The number of nitrogens with two attached hydrogens (primary N) is 1. The van der Waals surface area contributed by atoms with Gasteiger partial charge in [0.1, 0.15) is 0 Å². The van der Waals surface area contributed by atoms with Crippen LogP contribution in [0.3, 0.4) is 0 Å². The van der Waals surface area contributed by atoms with Gasteiger partial charge in [0.05, 0.1) is 4.90 Å². The maximum atomic E-state index is 11.5. The molecular formula is C14H22N2O2S. The molecule has 0 amide bonds. The summed E-state index contributed by atoms with van der Waals surface area (Å²) < 4.78 is 22.9. The first-order valence-electron chi connectivity index (χ1n) is 6.77. The minimum atomic E-state index is -3.65. The van der Waals surface area contributed by atoms with E-state index >= 15 is 0 Å². The number of rotatable bonds is 5. The van der Waals surface area contributed by atoms with Crippen LogP contribution in [0.25, 0.3) is 0 Å². The van der Waals surface area contributed by atoms with E-state index in [1.165, 1.54) is 19.3 Å². The lowest BCUT2D eigenvalue weighted by atomic mass is 9.81. The highest BCUT2D eigenvalue weighted by Crippen LogP contribution is 2.31. The van der Waals surface area contributed by atoms with Gasteiger partial charge in [0, 0.05) is 11.7 Å². The van der Waals surface area contributed by atoms with Crippen molar-refractivity contribution in [3.05, 3.63) is 23.8 Å². The molecule has 1 aromatic carbocycles. The summed E-state index contributed by atoms with van der Waals surface area (Å²) in [5, 5.41) is 8.61.